The maximum atomic E-state index is 13.3. The largest absolute Gasteiger partial charge is 0.435 e. The summed E-state index contributed by atoms with van der Waals surface area (Å²) in [6, 6.07) is 0. The fourth-order valence-corrected chi connectivity index (χ4v) is 1.30. The Morgan fingerprint density at radius 2 is 1.59 bits per heavy atom. The zero-order valence-corrected chi connectivity index (χ0v) is 8.69. The molecule has 0 heterocycles. The van der Waals surface area contributed by atoms with Crippen LogP contribution in [0.15, 0.2) is 0 Å². The first-order valence-electron chi connectivity index (χ1n) is 4.58. The van der Waals surface area contributed by atoms with Gasteiger partial charge < -0.3 is 9.84 Å². The summed E-state index contributed by atoms with van der Waals surface area (Å²) in [5.41, 5.74) is -2.29. The SMILES string of the molecule is CCc1c(F)c(F)c(C(=O)OCO)c(F)c1F. The molecule has 1 aromatic rings. The van der Waals surface area contributed by atoms with Gasteiger partial charge in [0.15, 0.2) is 30.1 Å². The van der Waals surface area contributed by atoms with E-state index in [9.17, 15) is 22.4 Å². The quantitative estimate of drug-likeness (QED) is 0.387. The van der Waals surface area contributed by atoms with Crippen molar-refractivity contribution in [1.82, 2.24) is 0 Å². The van der Waals surface area contributed by atoms with Gasteiger partial charge in [0, 0.05) is 5.56 Å². The van der Waals surface area contributed by atoms with Crippen molar-refractivity contribution in [3.05, 3.63) is 34.4 Å². The van der Waals surface area contributed by atoms with E-state index in [4.69, 9.17) is 5.11 Å². The molecular formula is C10H8F4O3. The van der Waals surface area contributed by atoms with Gasteiger partial charge in [-0.05, 0) is 6.42 Å². The highest BCUT2D eigenvalue weighted by molar-refractivity contribution is 5.90. The summed E-state index contributed by atoms with van der Waals surface area (Å²) in [5, 5.41) is 8.24. The number of halogens is 4. The Balaban J connectivity index is 3.48. The number of benzene rings is 1. The van der Waals surface area contributed by atoms with E-state index in [1.54, 1.807) is 0 Å². The zero-order chi connectivity index (χ0) is 13.2. The van der Waals surface area contributed by atoms with Gasteiger partial charge in [0.1, 0.15) is 5.56 Å². The second kappa shape index (κ2) is 5.13. The van der Waals surface area contributed by atoms with E-state index in [-0.39, 0.29) is 6.42 Å². The molecule has 0 bridgehead atoms. The number of hydrogen-bond acceptors (Lipinski definition) is 3. The molecule has 94 valence electrons. The molecule has 0 aliphatic heterocycles. The van der Waals surface area contributed by atoms with E-state index in [1.807, 2.05) is 0 Å². The number of aliphatic hydroxyl groups excluding tert-OH is 1. The predicted octanol–water partition coefficient (Wildman–Crippen LogP) is 1.91. The third kappa shape index (κ3) is 2.23. The highest BCUT2D eigenvalue weighted by Gasteiger charge is 2.29. The van der Waals surface area contributed by atoms with E-state index >= 15 is 0 Å². The van der Waals surface area contributed by atoms with Crippen LogP contribution in [0.1, 0.15) is 22.8 Å². The second-order valence-electron chi connectivity index (χ2n) is 3.02. The van der Waals surface area contributed by atoms with Gasteiger partial charge in [-0.3, -0.25) is 0 Å². The molecule has 0 saturated heterocycles. The highest BCUT2D eigenvalue weighted by atomic mass is 19.2. The molecule has 3 nitrogen and oxygen atoms in total. The first-order valence-corrected chi connectivity index (χ1v) is 4.58. The van der Waals surface area contributed by atoms with Crippen LogP contribution in [-0.4, -0.2) is 17.9 Å². The van der Waals surface area contributed by atoms with Gasteiger partial charge in [0.05, 0.1) is 0 Å². The summed E-state index contributed by atoms with van der Waals surface area (Å²) in [7, 11) is 0. The van der Waals surface area contributed by atoms with Crippen molar-refractivity contribution < 1.29 is 32.2 Å². The van der Waals surface area contributed by atoms with Gasteiger partial charge in [0.25, 0.3) is 0 Å². The number of aliphatic hydroxyl groups is 1. The van der Waals surface area contributed by atoms with Gasteiger partial charge in [-0.25, -0.2) is 22.4 Å². The van der Waals surface area contributed by atoms with E-state index < -0.39 is 47.2 Å². The van der Waals surface area contributed by atoms with Crippen LogP contribution in [0.3, 0.4) is 0 Å². The fourth-order valence-electron chi connectivity index (χ4n) is 1.30. The first kappa shape index (κ1) is 13.4. The smallest absolute Gasteiger partial charge is 0.346 e. The number of ether oxygens (including phenoxy) is 1. The van der Waals surface area contributed by atoms with Crippen LogP contribution in [0, 0.1) is 23.3 Å². The Kier molecular flexibility index (Phi) is 4.06. The molecule has 0 atom stereocenters. The molecule has 0 amide bonds. The molecular weight excluding hydrogens is 244 g/mol. The third-order valence-electron chi connectivity index (χ3n) is 2.11. The topological polar surface area (TPSA) is 46.5 Å². The van der Waals surface area contributed by atoms with Crippen molar-refractivity contribution in [2.45, 2.75) is 13.3 Å². The van der Waals surface area contributed by atoms with Crippen LogP contribution < -0.4 is 0 Å². The molecule has 1 N–H and O–H groups in total. The second-order valence-corrected chi connectivity index (χ2v) is 3.02. The number of esters is 1. The lowest BCUT2D eigenvalue weighted by Crippen LogP contribution is -2.16. The van der Waals surface area contributed by atoms with Crippen molar-refractivity contribution in [2.24, 2.45) is 0 Å². The van der Waals surface area contributed by atoms with E-state index in [0.29, 0.717) is 0 Å². The zero-order valence-electron chi connectivity index (χ0n) is 8.69. The van der Waals surface area contributed by atoms with Gasteiger partial charge in [-0.15, -0.1) is 0 Å². The van der Waals surface area contributed by atoms with Gasteiger partial charge in [-0.2, -0.15) is 0 Å². The van der Waals surface area contributed by atoms with Crippen molar-refractivity contribution >= 4 is 5.97 Å². The lowest BCUT2D eigenvalue weighted by Gasteiger charge is -2.09. The van der Waals surface area contributed by atoms with Crippen LogP contribution in [0.2, 0.25) is 0 Å². The average molecular weight is 252 g/mol. The maximum absolute atomic E-state index is 13.3. The molecule has 0 saturated carbocycles. The molecule has 17 heavy (non-hydrogen) atoms. The summed E-state index contributed by atoms with van der Waals surface area (Å²) in [5.74, 6) is -8.63. The Morgan fingerprint density at radius 1 is 1.12 bits per heavy atom. The molecule has 1 rings (SSSR count). The summed E-state index contributed by atoms with van der Waals surface area (Å²) in [6.45, 7) is 0.141. The molecule has 0 fully saturated rings. The number of carbonyl (C=O) groups excluding carboxylic acids is 1. The van der Waals surface area contributed by atoms with Crippen LogP contribution in [0.4, 0.5) is 17.6 Å². The van der Waals surface area contributed by atoms with Gasteiger partial charge in [-0.1, -0.05) is 6.92 Å². The Hall–Kier alpha value is -1.63. The first-order chi connectivity index (χ1) is 7.95. The molecule has 0 unspecified atom stereocenters. The third-order valence-corrected chi connectivity index (χ3v) is 2.11. The molecule has 1 aromatic carbocycles. The van der Waals surface area contributed by atoms with Crippen molar-refractivity contribution in [1.29, 1.82) is 0 Å². The summed E-state index contributed by atoms with van der Waals surface area (Å²) in [6.07, 6.45) is -0.277. The predicted molar refractivity (Wildman–Crippen MR) is 48.2 cm³/mol. The highest BCUT2D eigenvalue weighted by Crippen LogP contribution is 2.25. The van der Waals surface area contributed by atoms with Crippen molar-refractivity contribution in [3.63, 3.8) is 0 Å². The summed E-state index contributed by atoms with van der Waals surface area (Å²) >= 11 is 0. The van der Waals surface area contributed by atoms with E-state index in [0.717, 1.165) is 0 Å². The fraction of sp³-hybridized carbons (Fsp3) is 0.300. The maximum Gasteiger partial charge on any atom is 0.346 e. The van der Waals surface area contributed by atoms with E-state index in [2.05, 4.69) is 4.74 Å². The number of rotatable bonds is 3. The van der Waals surface area contributed by atoms with E-state index in [1.165, 1.54) is 6.92 Å². The van der Waals surface area contributed by atoms with Gasteiger partial charge >= 0.3 is 5.97 Å². The Morgan fingerprint density at radius 3 is 1.94 bits per heavy atom. The molecule has 7 heteroatoms. The summed E-state index contributed by atoms with van der Waals surface area (Å²) in [4.78, 5) is 11.0. The molecule has 0 aliphatic rings. The van der Waals surface area contributed by atoms with Crippen molar-refractivity contribution in [2.75, 3.05) is 6.79 Å². The van der Waals surface area contributed by atoms with Gasteiger partial charge in [0.2, 0.25) is 0 Å². The molecule has 0 spiro atoms. The van der Waals surface area contributed by atoms with Crippen LogP contribution >= 0.6 is 0 Å². The lowest BCUT2D eigenvalue weighted by atomic mass is 10.1. The normalized spacial score (nSPS) is 10.5. The Labute approximate surface area is 93.6 Å². The van der Waals surface area contributed by atoms with Crippen LogP contribution in [-0.2, 0) is 11.2 Å². The minimum atomic E-state index is -1.83. The van der Waals surface area contributed by atoms with Crippen LogP contribution in [0.25, 0.3) is 0 Å². The number of carbonyl (C=O) groups is 1. The van der Waals surface area contributed by atoms with Crippen LogP contribution in [0.5, 0.6) is 0 Å². The molecule has 0 aromatic heterocycles. The summed E-state index contributed by atoms with van der Waals surface area (Å²) < 4.78 is 57.0. The monoisotopic (exact) mass is 252 g/mol. The standard InChI is InChI=1S/C10H8F4O3/c1-2-4-6(11)8(13)5(9(14)7(4)12)10(16)17-3-15/h15H,2-3H2,1H3. The van der Waals surface area contributed by atoms with Crippen molar-refractivity contribution in [3.8, 4) is 0 Å². The number of hydrogen-bond donors (Lipinski definition) is 1. The molecule has 0 aliphatic carbocycles. The average Bonchev–Trinajstić information content (AvgIpc) is 2.28. The minimum absolute atomic E-state index is 0.277. The Bertz CT molecular complexity index is 430. The molecule has 0 radical (unpaired) electrons. The minimum Gasteiger partial charge on any atom is -0.435 e. The lowest BCUT2D eigenvalue weighted by molar-refractivity contribution is 0.00571.